The van der Waals surface area contributed by atoms with Crippen LogP contribution in [0.2, 0.25) is 0 Å². The van der Waals surface area contributed by atoms with Crippen molar-refractivity contribution in [3.8, 4) is 28.5 Å². The zero-order chi connectivity index (χ0) is 23.9. The largest absolute Gasteiger partial charge is 0.484 e. The molecule has 0 atom stereocenters. The van der Waals surface area contributed by atoms with Gasteiger partial charge in [-0.25, -0.2) is 0 Å². The first kappa shape index (κ1) is 22.4. The van der Waals surface area contributed by atoms with Crippen LogP contribution < -0.4 is 19.7 Å². The van der Waals surface area contributed by atoms with Crippen molar-refractivity contribution in [1.29, 1.82) is 0 Å². The Labute approximate surface area is 204 Å². The van der Waals surface area contributed by atoms with Crippen LogP contribution in [0.15, 0.2) is 91.0 Å². The Hall–Kier alpha value is -4.39. The van der Waals surface area contributed by atoms with Gasteiger partial charge < -0.3 is 19.7 Å². The highest BCUT2D eigenvalue weighted by atomic mass is 16.5. The highest BCUT2D eigenvalue weighted by molar-refractivity contribution is 5.92. The normalized spacial score (nSPS) is 12.9. The van der Waals surface area contributed by atoms with E-state index in [4.69, 9.17) is 9.47 Å². The van der Waals surface area contributed by atoms with Crippen molar-refractivity contribution in [3.63, 3.8) is 0 Å². The van der Waals surface area contributed by atoms with Gasteiger partial charge in [0.05, 0.1) is 5.69 Å². The van der Waals surface area contributed by atoms with Gasteiger partial charge in [0, 0.05) is 24.3 Å². The van der Waals surface area contributed by atoms with E-state index in [-0.39, 0.29) is 12.5 Å². The predicted molar refractivity (Wildman–Crippen MR) is 136 cm³/mol. The summed E-state index contributed by atoms with van der Waals surface area (Å²) >= 11 is 0. The lowest BCUT2D eigenvalue weighted by Gasteiger charge is -2.15. The van der Waals surface area contributed by atoms with E-state index >= 15 is 0 Å². The van der Waals surface area contributed by atoms with Crippen LogP contribution in [-0.2, 0) is 4.79 Å². The summed E-state index contributed by atoms with van der Waals surface area (Å²) < 4.78 is 11.4. The smallest absolute Gasteiger partial charge is 0.262 e. The number of carbonyl (C=O) groups excluding carboxylic acids is 1. The van der Waals surface area contributed by atoms with E-state index in [2.05, 4.69) is 20.4 Å². The van der Waals surface area contributed by atoms with Crippen molar-refractivity contribution in [1.82, 2.24) is 10.2 Å². The Kier molecular flexibility index (Phi) is 6.84. The van der Waals surface area contributed by atoms with Crippen LogP contribution in [0, 0.1) is 0 Å². The van der Waals surface area contributed by atoms with E-state index in [1.807, 2.05) is 66.7 Å². The highest BCUT2D eigenvalue weighted by Crippen LogP contribution is 2.24. The Morgan fingerprint density at radius 3 is 2.14 bits per heavy atom. The molecule has 3 aromatic carbocycles. The number of anilines is 2. The van der Waals surface area contributed by atoms with Gasteiger partial charge in [0.1, 0.15) is 17.2 Å². The van der Waals surface area contributed by atoms with Gasteiger partial charge in [0.25, 0.3) is 5.91 Å². The summed E-state index contributed by atoms with van der Waals surface area (Å²) in [6, 6.07) is 28.2. The van der Waals surface area contributed by atoms with Gasteiger partial charge in [-0.2, -0.15) is 0 Å². The maximum absolute atomic E-state index is 12.3. The fourth-order valence-electron chi connectivity index (χ4n) is 3.89. The molecule has 0 spiro atoms. The number of carbonyl (C=O) groups is 1. The summed E-state index contributed by atoms with van der Waals surface area (Å²) in [4.78, 5) is 14.6. The zero-order valence-corrected chi connectivity index (χ0v) is 19.3. The molecule has 7 heteroatoms. The topological polar surface area (TPSA) is 76.6 Å². The van der Waals surface area contributed by atoms with E-state index in [1.165, 1.54) is 12.8 Å². The van der Waals surface area contributed by atoms with Crippen molar-refractivity contribution in [2.75, 3.05) is 29.9 Å². The maximum atomic E-state index is 12.3. The van der Waals surface area contributed by atoms with Crippen molar-refractivity contribution in [2.24, 2.45) is 0 Å². The molecular formula is C28H26N4O3. The summed E-state index contributed by atoms with van der Waals surface area (Å²) in [7, 11) is 0. The quantitative estimate of drug-likeness (QED) is 0.367. The third-order valence-corrected chi connectivity index (χ3v) is 5.72. The first-order valence-electron chi connectivity index (χ1n) is 11.7. The number of benzene rings is 3. The Morgan fingerprint density at radius 2 is 1.46 bits per heavy atom. The predicted octanol–water partition coefficient (Wildman–Crippen LogP) is 5.55. The molecule has 0 radical (unpaired) electrons. The van der Waals surface area contributed by atoms with Gasteiger partial charge in [-0.05, 0) is 73.5 Å². The molecule has 176 valence electrons. The zero-order valence-electron chi connectivity index (χ0n) is 19.3. The SMILES string of the molecule is O=C(COc1ccc(Oc2ccccc2)cc1)Nc1ccc(-c2ccc(N3CCCC3)nn2)cc1. The van der Waals surface area contributed by atoms with E-state index < -0.39 is 0 Å². The van der Waals surface area contributed by atoms with Crippen LogP contribution in [0.25, 0.3) is 11.3 Å². The molecule has 1 amide bonds. The molecule has 0 unspecified atom stereocenters. The molecule has 1 fully saturated rings. The first-order chi connectivity index (χ1) is 17.2. The van der Waals surface area contributed by atoms with Crippen molar-refractivity contribution in [2.45, 2.75) is 12.8 Å². The monoisotopic (exact) mass is 466 g/mol. The van der Waals surface area contributed by atoms with Crippen molar-refractivity contribution >= 4 is 17.4 Å². The molecule has 2 heterocycles. The number of rotatable bonds is 8. The van der Waals surface area contributed by atoms with Gasteiger partial charge in [-0.15, -0.1) is 10.2 Å². The molecule has 0 aliphatic carbocycles. The summed E-state index contributed by atoms with van der Waals surface area (Å²) in [5.74, 6) is 2.73. The van der Waals surface area contributed by atoms with Crippen LogP contribution >= 0.6 is 0 Å². The van der Waals surface area contributed by atoms with Gasteiger partial charge in [-0.1, -0.05) is 30.3 Å². The highest BCUT2D eigenvalue weighted by Gasteiger charge is 2.14. The second kappa shape index (κ2) is 10.7. The molecule has 0 bridgehead atoms. The lowest BCUT2D eigenvalue weighted by molar-refractivity contribution is -0.118. The minimum absolute atomic E-state index is 0.0932. The van der Waals surface area contributed by atoms with Crippen LogP contribution in [0.4, 0.5) is 11.5 Å². The van der Waals surface area contributed by atoms with Crippen molar-refractivity contribution in [3.05, 3.63) is 91.0 Å². The number of nitrogens with one attached hydrogen (secondary N) is 1. The minimum atomic E-state index is -0.239. The average molecular weight is 467 g/mol. The van der Waals surface area contributed by atoms with Crippen molar-refractivity contribution < 1.29 is 14.3 Å². The summed E-state index contributed by atoms with van der Waals surface area (Å²) in [6.07, 6.45) is 2.41. The van der Waals surface area contributed by atoms with Crippen LogP contribution in [-0.4, -0.2) is 35.8 Å². The molecular weight excluding hydrogens is 440 g/mol. The van der Waals surface area contributed by atoms with E-state index in [1.54, 1.807) is 24.3 Å². The number of hydrogen-bond acceptors (Lipinski definition) is 6. The third kappa shape index (κ3) is 5.95. The standard InChI is InChI=1S/C28H26N4O3/c33-28(20-34-23-12-14-25(15-13-23)35-24-6-2-1-3-7-24)29-22-10-8-21(9-11-22)26-16-17-27(31-30-26)32-18-4-5-19-32/h1-3,6-17H,4-5,18-20H2,(H,29,33). The molecule has 4 aromatic rings. The number of nitrogens with zero attached hydrogens (tertiary/aromatic N) is 3. The van der Waals surface area contributed by atoms with Gasteiger partial charge >= 0.3 is 0 Å². The summed E-state index contributed by atoms with van der Waals surface area (Å²) in [6.45, 7) is 1.99. The number of aromatic nitrogens is 2. The van der Waals surface area contributed by atoms with Gasteiger partial charge in [-0.3, -0.25) is 4.79 Å². The van der Waals surface area contributed by atoms with Gasteiger partial charge in [0.15, 0.2) is 12.4 Å². The molecule has 1 N–H and O–H groups in total. The second-order valence-corrected chi connectivity index (χ2v) is 8.27. The molecule has 35 heavy (non-hydrogen) atoms. The molecule has 7 nitrogen and oxygen atoms in total. The molecule has 0 saturated carbocycles. The summed E-state index contributed by atoms with van der Waals surface area (Å²) in [5.41, 5.74) is 2.43. The van der Waals surface area contributed by atoms with Gasteiger partial charge in [0.2, 0.25) is 0 Å². The lowest BCUT2D eigenvalue weighted by Crippen LogP contribution is -2.20. The number of hydrogen-bond donors (Lipinski definition) is 1. The Balaban J connectivity index is 1.10. The fourth-order valence-corrected chi connectivity index (χ4v) is 3.89. The lowest BCUT2D eigenvalue weighted by atomic mass is 10.1. The number of amides is 1. The molecule has 5 rings (SSSR count). The first-order valence-corrected chi connectivity index (χ1v) is 11.7. The Bertz CT molecular complexity index is 1240. The van der Waals surface area contributed by atoms with Crippen LogP contribution in [0.5, 0.6) is 17.2 Å². The molecule has 1 aliphatic heterocycles. The van der Waals surface area contributed by atoms with E-state index in [9.17, 15) is 4.79 Å². The molecule has 1 saturated heterocycles. The molecule has 1 aromatic heterocycles. The van der Waals surface area contributed by atoms with Crippen LogP contribution in [0.3, 0.4) is 0 Å². The van der Waals surface area contributed by atoms with Crippen LogP contribution in [0.1, 0.15) is 12.8 Å². The third-order valence-electron chi connectivity index (χ3n) is 5.72. The maximum Gasteiger partial charge on any atom is 0.262 e. The minimum Gasteiger partial charge on any atom is -0.484 e. The summed E-state index contributed by atoms with van der Waals surface area (Å²) in [5, 5.41) is 11.6. The molecule has 1 aliphatic rings. The Morgan fingerprint density at radius 1 is 0.771 bits per heavy atom. The van der Waals surface area contributed by atoms with E-state index in [0.717, 1.165) is 35.9 Å². The van der Waals surface area contributed by atoms with E-state index in [0.29, 0.717) is 17.2 Å². The average Bonchev–Trinajstić information content (AvgIpc) is 3.45. The fraction of sp³-hybridized carbons (Fsp3) is 0.179. The number of ether oxygens (including phenoxy) is 2. The second-order valence-electron chi connectivity index (χ2n) is 8.27. The number of para-hydroxylation sites is 1.